The highest BCUT2D eigenvalue weighted by molar-refractivity contribution is 4.81. The highest BCUT2D eigenvalue weighted by Crippen LogP contribution is 2.17. The van der Waals surface area contributed by atoms with Gasteiger partial charge in [-0.15, -0.1) is 0 Å². The Kier molecular flexibility index (Phi) is 3.87. The Morgan fingerprint density at radius 3 is 2.64 bits per heavy atom. The molecule has 2 heteroatoms. The molecule has 1 fully saturated rings. The van der Waals surface area contributed by atoms with Crippen LogP contribution in [0.15, 0.2) is 0 Å². The molecular weight excluding hydrogens is 138 g/mol. The van der Waals surface area contributed by atoms with Gasteiger partial charge in [0.25, 0.3) is 0 Å². The van der Waals surface area contributed by atoms with Crippen molar-refractivity contribution in [3.63, 3.8) is 0 Å². The number of hydrogen-bond donors (Lipinski definition) is 1. The van der Waals surface area contributed by atoms with E-state index < -0.39 is 0 Å². The zero-order chi connectivity index (χ0) is 8.10. The molecule has 0 aromatic rings. The highest BCUT2D eigenvalue weighted by Gasteiger charge is 2.27. The third kappa shape index (κ3) is 2.80. The van der Waals surface area contributed by atoms with Crippen LogP contribution in [0.25, 0.3) is 0 Å². The van der Waals surface area contributed by atoms with Crippen molar-refractivity contribution in [3.05, 3.63) is 0 Å². The molecule has 66 valence electrons. The first kappa shape index (κ1) is 9.01. The van der Waals surface area contributed by atoms with E-state index in [1.54, 1.807) is 0 Å². The first-order valence-electron chi connectivity index (χ1n) is 4.71. The standard InChI is InChI=1S/C9H19NO/c1-2-3-4-5-6-9-8(10)7-11-9/h8-9H,2-7,10H2,1H3. The number of hydrogen-bond acceptors (Lipinski definition) is 2. The van der Waals surface area contributed by atoms with Crippen LogP contribution in [0.2, 0.25) is 0 Å². The molecule has 0 radical (unpaired) electrons. The van der Waals surface area contributed by atoms with Crippen LogP contribution in [-0.2, 0) is 4.74 Å². The summed E-state index contributed by atoms with van der Waals surface area (Å²) in [4.78, 5) is 0. The van der Waals surface area contributed by atoms with Gasteiger partial charge in [-0.05, 0) is 6.42 Å². The average molecular weight is 157 g/mol. The Morgan fingerprint density at radius 1 is 1.36 bits per heavy atom. The number of ether oxygens (including phenoxy) is 1. The van der Waals surface area contributed by atoms with E-state index in [1.807, 2.05) is 0 Å². The molecule has 2 unspecified atom stereocenters. The molecule has 0 bridgehead atoms. The molecule has 2 N–H and O–H groups in total. The molecule has 1 saturated heterocycles. The molecule has 0 saturated carbocycles. The van der Waals surface area contributed by atoms with Crippen LogP contribution < -0.4 is 5.73 Å². The fourth-order valence-electron chi connectivity index (χ4n) is 1.41. The minimum Gasteiger partial charge on any atom is -0.375 e. The Labute approximate surface area is 69.1 Å². The zero-order valence-electron chi connectivity index (χ0n) is 7.38. The molecule has 0 amide bonds. The summed E-state index contributed by atoms with van der Waals surface area (Å²) < 4.78 is 5.30. The van der Waals surface area contributed by atoms with E-state index in [-0.39, 0.29) is 0 Å². The lowest BCUT2D eigenvalue weighted by Crippen LogP contribution is -2.50. The van der Waals surface area contributed by atoms with Crippen LogP contribution in [0.4, 0.5) is 0 Å². The molecule has 0 aromatic heterocycles. The summed E-state index contributed by atoms with van der Waals surface area (Å²) in [6, 6.07) is 0.330. The molecule has 1 rings (SSSR count). The maximum absolute atomic E-state index is 5.71. The van der Waals surface area contributed by atoms with Gasteiger partial charge in [0.2, 0.25) is 0 Å². The van der Waals surface area contributed by atoms with Crippen LogP contribution in [-0.4, -0.2) is 18.8 Å². The maximum atomic E-state index is 5.71. The lowest BCUT2D eigenvalue weighted by Gasteiger charge is -2.33. The van der Waals surface area contributed by atoms with E-state index >= 15 is 0 Å². The monoisotopic (exact) mass is 157 g/mol. The summed E-state index contributed by atoms with van der Waals surface area (Å²) in [5, 5.41) is 0. The van der Waals surface area contributed by atoms with Gasteiger partial charge < -0.3 is 10.5 Å². The molecule has 2 nitrogen and oxygen atoms in total. The van der Waals surface area contributed by atoms with Crippen molar-refractivity contribution >= 4 is 0 Å². The molecule has 0 aliphatic carbocycles. The number of unbranched alkanes of at least 4 members (excludes halogenated alkanes) is 3. The van der Waals surface area contributed by atoms with E-state index in [4.69, 9.17) is 10.5 Å². The molecule has 1 heterocycles. The smallest absolute Gasteiger partial charge is 0.0749 e. The second-order valence-electron chi connectivity index (χ2n) is 3.38. The zero-order valence-corrected chi connectivity index (χ0v) is 7.38. The van der Waals surface area contributed by atoms with Crippen LogP contribution in [0, 0.1) is 0 Å². The first-order valence-corrected chi connectivity index (χ1v) is 4.71. The highest BCUT2D eigenvalue weighted by atomic mass is 16.5. The van der Waals surface area contributed by atoms with Gasteiger partial charge in [0.05, 0.1) is 18.8 Å². The Balaban J connectivity index is 1.87. The summed E-state index contributed by atoms with van der Waals surface area (Å²) in [5.41, 5.74) is 5.71. The molecule has 1 aliphatic rings. The van der Waals surface area contributed by atoms with Crippen molar-refractivity contribution in [3.8, 4) is 0 Å². The predicted molar refractivity (Wildman–Crippen MR) is 46.5 cm³/mol. The van der Waals surface area contributed by atoms with E-state index in [9.17, 15) is 0 Å². The lowest BCUT2D eigenvalue weighted by molar-refractivity contribution is -0.0772. The van der Waals surface area contributed by atoms with Gasteiger partial charge in [-0.3, -0.25) is 0 Å². The molecule has 2 atom stereocenters. The molecule has 1 aliphatic heterocycles. The number of rotatable bonds is 5. The van der Waals surface area contributed by atoms with Crippen molar-refractivity contribution in [2.75, 3.05) is 6.61 Å². The van der Waals surface area contributed by atoms with Crippen molar-refractivity contribution in [2.24, 2.45) is 5.73 Å². The van der Waals surface area contributed by atoms with E-state index in [0.29, 0.717) is 12.1 Å². The molecule has 11 heavy (non-hydrogen) atoms. The van der Waals surface area contributed by atoms with E-state index in [0.717, 1.165) is 6.61 Å². The van der Waals surface area contributed by atoms with Gasteiger partial charge in [-0.25, -0.2) is 0 Å². The quantitative estimate of drug-likeness (QED) is 0.616. The SMILES string of the molecule is CCCCCCC1OCC1N. The van der Waals surface area contributed by atoms with Crippen LogP contribution in [0.5, 0.6) is 0 Å². The summed E-state index contributed by atoms with van der Waals surface area (Å²) in [6.45, 7) is 3.00. The fourth-order valence-corrected chi connectivity index (χ4v) is 1.41. The largest absolute Gasteiger partial charge is 0.375 e. The van der Waals surface area contributed by atoms with Gasteiger partial charge >= 0.3 is 0 Å². The Morgan fingerprint density at radius 2 is 2.18 bits per heavy atom. The average Bonchev–Trinajstić information content (AvgIpc) is 2.02. The van der Waals surface area contributed by atoms with Crippen molar-refractivity contribution in [1.82, 2.24) is 0 Å². The second kappa shape index (κ2) is 4.73. The van der Waals surface area contributed by atoms with Crippen LogP contribution in [0.3, 0.4) is 0 Å². The van der Waals surface area contributed by atoms with Gasteiger partial charge in [0.15, 0.2) is 0 Å². The van der Waals surface area contributed by atoms with Gasteiger partial charge in [0.1, 0.15) is 0 Å². The van der Waals surface area contributed by atoms with E-state index in [1.165, 1.54) is 32.1 Å². The Hall–Kier alpha value is -0.0800. The van der Waals surface area contributed by atoms with Crippen molar-refractivity contribution < 1.29 is 4.74 Å². The minimum absolute atomic E-state index is 0.330. The maximum Gasteiger partial charge on any atom is 0.0749 e. The summed E-state index contributed by atoms with van der Waals surface area (Å²) in [6.07, 6.45) is 6.82. The minimum atomic E-state index is 0.330. The van der Waals surface area contributed by atoms with Gasteiger partial charge in [0, 0.05) is 0 Å². The third-order valence-corrected chi connectivity index (χ3v) is 2.32. The second-order valence-corrected chi connectivity index (χ2v) is 3.38. The van der Waals surface area contributed by atoms with Gasteiger partial charge in [-0.1, -0.05) is 32.6 Å². The number of nitrogens with two attached hydrogens (primary N) is 1. The molecular formula is C9H19NO. The normalized spacial score (nSPS) is 30.0. The van der Waals surface area contributed by atoms with Crippen LogP contribution >= 0.6 is 0 Å². The summed E-state index contributed by atoms with van der Waals surface area (Å²) in [5.74, 6) is 0. The van der Waals surface area contributed by atoms with Crippen molar-refractivity contribution in [2.45, 2.75) is 51.2 Å². The first-order chi connectivity index (χ1) is 5.34. The fraction of sp³-hybridized carbons (Fsp3) is 1.00. The molecule has 0 spiro atoms. The van der Waals surface area contributed by atoms with Crippen LogP contribution in [0.1, 0.15) is 39.0 Å². The predicted octanol–water partition coefficient (Wildman–Crippen LogP) is 1.68. The Bertz CT molecular complexity index is 106. The summed E-state index contributed by atoms with van der Waals surface area (Å²) in [7, 11) is 0. The topological polar surface area (TPSA) is 35.2 Å². The third-order valence-electron chi connectivity index (χ3n) is 2.32. The van der Waals surface area contributed by atoms with Gasteiger partial charge in [-0.2, -0.15) is 0 Å². The lowest BCUT2D eigenvalue weighted by atomic mass is 10.0. The van der Waals surface area contributed by atoms with Crippen molar-refractivity contribution in [1.29, 1.82) is 0 Å². The van der Waals surface area contributed by atoms with E-state index in [2.05, 4.69) is 6.92 Å². The molecule has 0 aromatic carbocycles. The summed E-state index contributed by atoms with van der Waals surface area (Å²) >= 11 is 0.